The summed E-state index contributed by atoms with van der Waals surface area (Å²) in [6, 6.07) is 18.3. The van der Waals surface area contributed by atoms with E-state index < -0.39 is 13.7 Å². The lowest BCUT2D eigenvalue weighted by Crippen LogP contribution is -2.36. The molecule has 5 aromatic rings. The van der Waals surface area contributed by atoms with E-state index in [9.17, 15) is 9.59 Å². The highest BCUT2D eigenvalue weighted by Gasteiger charge is 2.36. The van der Waals surface area contributed by atoms with Crippen molar-refractivity contribution in [2.24, 2.45) is 0 Å². The van der Waals surface area contributed by atoms with Crippen molar-refractivity contribution in [3.05, 3.63) is 90.4 Å². The van der Waals surface area contributed by atoms with Crippen molar-refractivity contribution in [1.82, 2.24) is 34.3 Å². The molecule has 2 aromatic carbocycles. The molecule has 2 aliphatic heterocycles. The van der Waals surface area contributed by atoms with Crippen LogP contribution in [0.5, 0.6) is 0 Å². The van der Waals surface area contributed by atoms with E-state index in [2.05, 4.69) is 34.6 Å². The molecule has 2 amide bonds. The fourth-order valence-corrected chi connectivity index (χ4v) is 7.84. The number of nitrogens with one attached hydrogen (secondary N) is 1. The Kier molecular flexibility index (Phi) is 11.5. The van der Waals surface area contributed by atoms with Crippen LogP contribution in [0.3, 0.4) is 0 Å². The molecule has 1 N–H and O–H groups in total. The van der Waals surface area contributed by atoms with Crippen LogP contribution >= 0.6 is 0 Å². The molecule has 0 unspecified atom stereocenters. The molecule has 0 aliphatic carbocycles. The maximum absolute atomic E-state index is 13.4. The van der Waals surface area contributed by atoms with Gasteiger partial charge in [0.1, 0.15) is 36.3 Å². The van der Waals surface area contributed by atoms with E-state index in [0.29, 0.717) is 43.8 Å². The third-order valence-electron chi connectivity index (χ3n) is 10.0. The molecule has 0 bridgehead atoms. The van der Waals surface area contributed by atoms with Gasteiger partial charge in [-0.2, -0.15) is 0 Å². The van der Waals surface area contributed by atoms with Crippen LogP contribution in [0.25, 0.3) is 34.2 Å². The van der Waals surface area contributed by atoms with Gasteiger partial charge in [0.2, 0.25) is 5.89 Å². The maximum atomic E-state index is 13.4. The number of ether oxygens (including phenoxy) is 3. The third-order valence-corrected chi connectivity index (χ3v) is 11.7. The van der Waals surface area contributed by atoms with Crippen molar-refractivity contribution in [2.75, 3.05) is 19.7 Å². The summed E-state index contributed by atoms with van der Waals surface area (Å²) in [4.78, 5) is 47.5. The maximum Gasteiger partial charge on any atom is 0.410 e. The summed E-state index contributed by atoms with van der Waals surface area (Å²) in [6.07, 6.45) is 8.05. The lowest BCUT2D eigenvalue weighted by atomic mass is 10.1. The molecule has 0 spiro atoms. The molecule has 0 radical (unpaired) electrons. The van der Waals surface area contributed by atoms with Gasteiger partial charge in [0, 0.05) is 39.5 Å². The van der Waals surface area contributed by atoms with E-state index in [-0.39, 0.29) is 30.9 Å². The molecule has 13 nitrogen and oxygen atoms in total. The molecule has 2 saturated heterocycles. The van der Waals surface area contributed by atoms with Crippen molar-refractivity contribution >= 4 is 20.3 Å². The zero-order chi connectivity index (χ0) is 39.5. The molecule has 7 rings (SSSR count). The number of benzene rings is 2. The highest BCUT2D eigenvalue weighted by molar-refractivity contribution is 6.76. The summed E-state index contributed by atoms with van der Waals surface area (Å²) in [5.41, 5.74) is 3.61. The average Bonchev–Trinajstić information content (AvgIpc) is 4.01. The predicted octanol–water partition coefficient (Wildman–Crippen LogP) is 9.45. The summed E-state index contributed by atoms with van der Waals surface area (Å²) in [7, 11) is -1.28. The zero-order valence-corrected chi connectivity index (χ0v) is 34.3. The van der Waals surface area contributed by atoms with Crippen LogP contribution in [0.4, 0.5) is 9.59 Å². The van der Waals surface area contributed by atoms with E-state index in [4.69, 9.17) is 23.6 Å². The van der Waals surface area contributed by atoms with Crippen LogP contribution in [-0.2, 0) is 27.5 Å². The number of nitrogens with zero attached hydrogens (tertiary/aromatic N) is 6. The number of oxazole rings is 1. The Morgan fingerprint density at radius 2 is 1.59 bits per heavy atom. The second-order valence-electron chi connectivity index (χ2n) is 16.8. The van der Waals surface area contributed by atoms with Gasteiger partial charge in [0.15, 0.2) is 5.76 Å². The number of amides is 2. The van der Waals surface area contributed by atoms with Gasteiger partial charge in [0.05, 0.1) is 30.2 Å². The van der Waals surface area contributed by atoms with Crippen LogP contribution in [0.15, 0.2) is 77.6 Å². The third kappa shape index (κ3) is 9.41. The van der Waals surface area contributed by atoms with Gasteiger partial charge in [-0.05, 0) is 63.6 Å². The highest BCUT2D eigenvalue weighted by atomic mass is 28.3. The molecule has 5 heterocycles. The summed E-state index contributed by atoms with van der Waals surface area (Å²) >= 11 is 0. The van der Waals surface area contributed by atoms with Gasteiger partial charge in [-0.1, -0.05) is 74.2 Å². The molecule has 3 aromatic heterocycles. The molecule has 2 fully saturated rings. The summed E-state index contributed by atoms with van der Waals surface area (Å²) in [6.45, 7) is 15.0. The van der Waals surface area contributed by atoms with Gasteiger partial charge in [-0.15, -0.1) is 0 Å². The number of likely N-dealkylation sites (tertiary alicyclic amines) is 2. The minimum atomic E-state index is -1.28. The first-order valence-electron chi connectivity index (χ1n) is 19.5. The second kappa shape index (κ2) is 16.5. The van der Waals surface area contributed by atoms with Crippen LogP contribution in [0.1, 0.15) is 75.8 Å². The summed E-state index contributed by atoms with van der Waals surface area (Å²) in [5, 5.41) is 0. The first-order chi connectivity index (χ1) is 26.8. The number of hydrogen-bond donors (Lipinski definition) is 1. The fourth-order valence-electron chi connectivity index (χ4n) is 7.08. The lowest BCUT2D eigenvalue weighted by molar-refractivity contribution is 0.0218. The molecule has 14 heteroatoms. The van der Waals surface area contributed by atoms with Crippen molar-refractivity contribution in [2.45, 2.75) is 103 Å². The van der Waals surface area contributed by atoms with Gasteiger partial charge >= 0.3 is 12.2 Å². The van der Waals surface area contributed by atoms with Gasteiger partial charge < -0.3 is 28.2 Å². The number of H-pyrrole nitrogens is 1. The van der Waals surface area contributed by atoms with Crippen molar-refractivity contribution in [3.8, 4) is 34.2 Å². The normalized spacial score (nSPS) is 17.5. The Balaban J connectivity index is 1.06. The van der Waals surface area contributed by atoms with E-state index in [1.54, 1.807) is 22.2 Å². The predicted molar refractivity (Wildman–Crippen MR) is 215 cm³/mol. The average molecular weight is 780 g/mol. The lowest BCUT2D eigenvalue weighted by Gasteiger charge is -2.27. The zero-order valence-electron chi connectivity index (χ0n) is 33.3. The monoisotopic (exact) mass is 779 g/mol. The topological polar surface area (TPSA) is 141 Å². The Bertz CT molecular complexity index is 2100. The number of carbonyl (C=O) groups excluding carboxylic acids is 2. The van der Waals surface area contributed by atoms with Gasteiger partial charge in [-0.25, -0.2) is 24.5 Å². The largest absolute Gasteiger partial charge is 0.445 e. The van der Waals surface area contributed by atoms with Crippen molar-refractivity contribution in [1.29, 1.82) is 0 Å². The highest BCUT2D eigenvalue weighted by Crippen LogP contribution is 2.36. The Morgan fingerprint density at radius 3 is 2.30 bits per heavy atom. The van der Waals surface area contributed by atoms with Crippen molar-refractivity contribution < 1.29 is 28.2 Å². The summed E-state index contributed by atoms with van der Waals surface area (Å²) < 4.78 is 25.8. The standard InChI is InChI=1S/C42H53N7O6Si/c1-42(2,3)55-41(51)48-20-10-14-34(48)37-43-24-32(45-37)30-16-18-31(19-17-30)36-25-44-39(54-36)33-26-47(28-52-22-23-56(4,5)6)38(46-33)35-15-11-21-49(35)40(50)53-27-29-12-8-7-9-13-29/h7-9,12-13,16-19,24-26,34-35H,10-11,14-15,20-23,27-28H2,1-6H3,(H,43,45)/t34-,35-/m0/s1. The quantitative estimate of drug-likeness (QED) is 0.0969. The van der Waals surface area contributed by atoms with Gasteiger partial charge in [0.25, 0.3) is 0 Å². The number of imidazole rings is 2. The Morgan fingerprint density at radius 1 is 0.893 bits per heavy atom. The first-order valence-corrected chi connectivity index (χ1v) is 23.3. The van der Waals surface area contributed by atoms with E-state index in [1.165, 1.54) is 0 Å². The number of rotatable bonds is 12. The first kappa shape index (κ1) is 39.0. The van der Waals surface area contributed by atoms with Crippen molar-refractivity contribution in [3.63, 3.8) is 0 Å². The Labute approximate surface area is 329 Å². The van der Waals surface area contributed by atoms with Crippen LogP contribution in [-0.4, -0.2) is 79.9 Å². The minimum Gasteiger partial charge on any atom is -0.445 e. The Hall–Kier alpha value is -5.21. The minimum absolute atomic E-state index is 0.156. The number of aromatic amines is 1. The van der Waals surface area contributed by atoms with Crippen LogP contribution in [0, 0.1) is 0 Å². The van der Waals surface area contributed by atoms with E-state index in [0.717, 1.165) is 65.8 Å². The molecule has 56 heavy (non-hydrogen) atoms. The molecule has 2 aliphatic rings. The molecule has 2 atom stereocenters. The SMILES string of the molecule is CC(C)(C)OC(=O)N1CCC[C@H]1c1ncc(-c2ccc(-c3cnc(-c4cn(COCC[Si](C)(C)C)c([C@@H]5CCCN5C(=O)OCc5ccccc5)n4)o3)cc2)[nH]1. The second-order valence-corrected chi connectivity index (χ2v) is 22.4. The smallest absolute Gasteiger partial charge is 0.410 e. The number of carbonyl (C=O) groups is 2. The molecular formula is C42H53N7O6Si. The van der Waals surface area contributed by atoms with Gasteiger partial charge in [-0.3, -0.25) is 9.80 Å². The number of aromatic nitrogens is 5. The molecular weight excluding hydrogens is 727 g/mol. The van der Waals surface area contributed by atoms with Crippen LogP contribution in [0.2, 0.25) is 25.7 Å². The summed E-state index contributed by atoms with van der Waals surface area (Å²) in [5.74, 6) is 2.45. The van der Waals surface area contributed by atoms with E-state index >= 15 is 0 Å². The van der Waals surface area contributed by atoms with Crippen LogP contribution < -0.4 is 0 Å². The number of hydrogen-bond acceptors (Lipinski definition) is 9. The molecule has 296 valence electrons. The molecule has 0 saturated carbocycles. The van der Waals surface area contributed by atoms with E-state index in [1.807, 2.05) is 86.1 Å². The fraction of sp³-hybridized carbons (Fsp3) is 0.452.